The lowest BCUT2D eigenvalue weighted by Gasteiger charge is -2.11. The Labute approximate surface area is 197 Å². The van der Waals surface area contributed by atoms with Crippen molar-refractivity contribution in [1.82, 2.24) is 19.1 Å². The Balaban J connectivity index is 1.47. The predicted octanol–water partition coefficient (Wildman–Crippen LogP) is 5.42. The van der Waals surface area contributed by atoms with Crippen LogP contribution in [0, 0.1) is 0 Å². The van der Waals surface area contributed by atoms with Crippen molar-refractivity contribution in [2.75, 3.05) is 0 Å². The zero-order chi connectivity index (χ0) is 23.2. The summed E-state index contributed by atoms with van der Waals surface area (Å²) in [5.41, 5.74) is 3.62. The van der Waals surface area contributed by atoms with E-state index in [4.69, 9.17) is 11.6 Å². The maximum absolute atomic E-state index is 13.1. The van der Waals surface area contributed by atoms with Gasteiger partial charge in [0.1, 0.15) is 0 Å². The van der Waals surface area contributed by atoms with Crippen LogP contribution in [0.3, 0.4) is 0 Å². The van der Waals surface area contributed by atoms with E-state index in [2.05, 4.69) is 53.3 Å². The lowest BCUT2D eigenvalue weighted by molar-refractivity contribution is 0.518. The lowest BCUT2D eigenvalue weighted by atomic mass is 10.0. The summed E-state index contributed by atoms with van der Waals surface area (Å²) in [6.07, 6.45) is 5.40. The second-order valence-electron chi connectivity index (χ2n) is 8.35. The van der Waals surface area contributed by atoms with E-state index >= 15 is 0 Å². The molecule has 4 aromatic rings. The molecule has 0 fully saturated rings. The highest BCUT2D eigenvalue weighted by Gasteiger charge is 2.16. The number of hydrogen-bond acceptors (Lipinski definition) is 3. The molecule has 0 aliphatic rings. The van der Waals surface area contributed by atoms with Crippen LogP contribution >= 0.6 is 11.6 Å². The first kappa shape index (κ1) is 23.1. The van der Waals surface area contributed by atoms with Crippen molar-refractivity contribution < 1.29 is 0 Å². The third kappa shape index (κ3) is 5.28. The fourth-order valence-corrected chi connectivity index (χ4v) is 4.37. The molecule has 0 radical (unpaired) electrons. The number of aromatic amines is 1. The van der Waals surface area contributed by atoms with Crippen LogP contribution in [-0.4, -0.2) is 19.1 Å². The SMILES string of the molecule is CCCCCn1c(=O)n(CCCCc2cccc(-c3ccccc3)c2)c(=O)c2[nH]c(Cl)nc21. The number of imidazole rings is 1. The van der Waals surface area contributed by atoms with Gasteiger partial charge in [-0.1, -0.05) is 74.4 Å². The first-order valence-electron chi connectivity index (χ1n) is 11.6. The fourth-order valence-electron chi connectivity index (χ4n) is 4.19. The molecule has 0 bridgehead atoms. The molecule has 0 saturated heterocycles. The maximum atomic E-state index is 13.1. The molecule has 0 aliphatic heterocycles. The molecule has 0 aliphatic carbocycles. The van der Waals surface area contributed by atoms with Gasteiger partial charge in [0.05, 0.1) is 0 Å². The molecule has 0 atom stereocenters. The van der Waals surface area contributed by atoms with Crippen LogP contribution in [0.15, 0.2) is 64.2 Å². The largest absolute Gasteiger partial charge is 0.332 e. The van der Waals surface area contributed by atoms with Crippen LogP contribution in [0.2, 0.25) is 5.28 Å². The van der Waals surface area contributed by atoms with Gasteiger partial charge in [-0.05, 0) is 54.0 Å². The van der Waals surface area contributed by atoms with E-state index in [0.29, 0.717) is 24.3 Å². The Morgan fingerprint density at radius 1 is 0.879 bits per heavy atom. The molecule has 1 N–H and O–H groups in total. The van der Waals surface area contributed by atoms with E-state index in [1.165, 1.54) is 21.3 Å². The number of halogens is 1. The van der Waals surface area contributed by atoms with Crippen LogP contribution in [0.25, 0.3) is 22.3 Å². The van der Waals surface area contributed by atoms with Crippen molar-refractivity contribution in [3.8, 4) is 11.1 Å². The highest BCUT2D eigenvalue weighted by atomic mass is 35.5. The summed E-state index contributed by atoms with van der Waals surface area (Å²) in [4.78, 5) is 33.0. The van der Waals surface area contributed by atoms with Crippen LogP contribution in [0.4, 0.5) is 0 Å². The summed E-state index contributed by atoms with van der Waals surface area (Å²) in [6.45, 7) is 3.01. The molecule has 4 rings (SSSR count). The first-order valence-corrected chi connectivity index (χ1v) is 12.0. The summed E-state index contributed by atoms with van der Waals surface area (Å²) >= 11 is 6.01. The number of aromatic nitrogens is 4. The van der Waals surface area contributed by atoms with Gasteiger partial charge in [-0.3, -0.25) is 13.9 Å². The normalized spacial score (nSPS) is 11.3. The van der Waals surface area contributed by atoms with Crippen molar-refractivity contribution in [3.05, 3.63) is 86.3 Å². The highest BCUT2D eigenvalue weighted by molar-refractivity contribution is 6.28. The van der Waals surface area contributed by atoms with Gasteiger partial charge in [0.15, 0.2) is 11.2 Å². The van der Waals surface area contributed by atoms with Crippen molar-refractivity contribution in [3.63, 3.8) is 0 Å². The van der Waals surface area contributed by atoms with E-state index < -0.39 is 0 Å². The Hall–Kier alpha value is -3.12. The summed E-state index contributed by atoms with van der Waals surface area (Å²) in [6, 6.07) is 18.8. The minimum absolute atomic E-state index is 0.127. The Morgan fingerprint density at radius 2 is 1.61 bits per heavy atom. The van der Waals surface area contributed by atoms with Gasteiger partial charge in [0.2, 0.25) is 5.28 Å². The van der Waals surface area contributed by atoms with Gasteiger partial charge in [0.25, 0.3) is 5.56 Å². The molecule has 172 valence electrons. The van der Waals surface area contributed by atoms with Crippen molar-refractivity contribution in [2.45, 2.75) is 58.5 Å². The van der Waals surface area contributed by atoms with E-state index in [0.717, 1.165) is 38.5 Å². The maximum Gasteiger partial charge on any atom is 0.332 e. The number of unbranched alkanes of at least 4 members (excludes halogenated alkanes) is 3. The number of aryl methyl sites for hydroxylation is 2. The third-order valence-electron chi connectivity index (χ3n) is 5.95. The minimum Gasteiger partial charge on any atom is -0.323 e. The fraction of sp³-hybridized carbons (Fsp3) is 0.346. The van der Waals surface area contributed by atoms with E-state index in [1.807, 2.05) is 18.2 Å². The smallest absolute Gasteiger partial charge is 0.323 e. The topological polar surface area (TPSA) is 72.7 Å². The second-order valence-corrected chi connectivity index (χ2v) is 8.71. The first-order chi connectivity index (χ1) is 16.1. The van der Waals surface area contributed by atoms with Crippen molar-refractivity contribution in [2.24, 2.45) is 0 Å². The van der Waals surface area contributed by atoms with Gasteiger partial charge < -0.3 is 4.98 Å². The van der Waals surface area contributed by atoms with Crippen LogP contribution in [0.1, 0.15) is 44.6 Å². The standard InChI is InChI=1S/C26H29ClN4O2/c1-2-3-8-16-30-23-22(28-25(27)29-23)24(32)31(26(30)33)17-9-7-11-19-12-10-15-21(18-19)20-13-5-4-6-14-20/h4-6,10,12-15,18H,2-3,7-9,11,16-17H2,1H3,(H,28,29). The Kier molecular flexibility index (Phi) is 7.45. The van der Waals surface area contributed by atoms with Gasteiger partial charge in [-0.25, -0.2) is 4.79 Å². The average molecular weight is 465 g/mol. The summed E-state index contributed by atoms with van der Waals surface area (Å²) in [5, 5.41) is 0.127. The van der Waals surface area contributed by atoms with Gasteiger partial charge in [-0.2, -0.15) is 4.98 Å². The zero-order valence-corrected chi connectivity index (χ0v) is 19.6. The van der Waals surface area contributed by atoms with Crippen LogP contribution in [0.5, 0.6) is 0 Å². The molecule has 0 spiro atoms. The molecule has 0 amide bonds. The summed E-state index contributed by atoms with van der Waals surface area (Å²) in [5.74, 6) is 0. The number of nitrogens with zero attached hydrogens (tertiary/aromatic N) is 3. The van der Waals surface area contributed by atoms with Crippen LogP contribution < -0.4 is 11.2 Å². The van der Waals surface area contributed by atoms with Crippen molar-refractivity contribution in [1.29, 1.82) is 0 Å². The quantitative estimate of drug-likeness (QED) is 0.251. The summed E-state index contributed by atoms with van der Waals surface area (Å²) in [7, 11) is 0. The molecule has 7 heteroatoms. The molecule has 2 heterocycles. The molecule has 33 heavy (non-hydrogen) atoms. The Morgan fingerprint density at radius 3 is 2.39 bits per heavy atom. The number of benzene rings is 2. The highest BCUT2D eigenvalue weighted by Crippen LogP contribution is 2.21. The number of nitrogens with one attached hydrogen (secondary N) is 1. The molecule has 6 nitrogen and oxygen atoms in total. The second kappa shape index (κ2) is 10.7. The van der Waals surface area contributed by atoms with Gasteiger partial charge >= 0.3 is 5.69 Å². The summed E-state index contributed by atoms with van der Waals surface area (Å²) < 4.78 is 2.90. The Bertz CT molecular complexity index is 1340. The predicted molar refractivity (Wildman–Crippen MR) is 134 cm³/mol. The number of hydrogen-bond donors (Lipinski definition) is 1. The minimum atomic E-state index is -0.354. The third-order valence-corrected chi connectivity index (χ3v) is 6.13. The van der Waals surface area contributed by atoms with Gasteiger partial charge in [-0.15, -0.1) is 0 Å². The number of H-pyrrole nitrogens is 1. The monoisotopic (exact) mass is 464 g/mol. The average Bonchev–Trinajstić information content (AvgIpc) is 3.23. The molecular weight excluding hydrogens is 436 g/mol. The molecule has 2 aromatic heterocycles. The van der Waals surface area contributed by atoms with Crippen LogP contribution in [-0.2, 0) is 19.5 Å². The lowest BCUT2D eigenvalue weighted by Crippen LogP contribution is -2.40. The van der Waals surface area contributed by atoms with E-state index in [1.54, 1.807) is 4.57 Å². The van der Waals surface area contributed by atoms with E-state index in [-0.39, 0.29) is 16.5 Å². The molecular formula is C26H29ClN4O2. The molecule has 0 saturated carbocycles. The molecule has 0 unspecified atom stereocenters. The van der Waals surface area contributed by atoms with Crippen molar-refractivity contribution >= 4 is 22.8 Å². The zero-order valence-electron chi connectivity index (χ0n) is 18.9. The number of fused-ring (bicyclic) bond motifs is 1. The molecule has 2 aromatic carbocycles. The van der Waals surface area contributed by atoms with Gasteiger partial charge in [0, 0.05) is 13.1 Å². The van der Waals surface area contributed by atoms with E-state index in [9.17, 15) is 9.59 Å². The number of rotatable bonds is 10.